The van der Waals surface area contributed by atoms with Crippen LogP contribution in [0.1, 0.15) is 70.3 Å². The third-order valence-corrected chi connectivity index (χ3v) is 6.29. The summed E-state index contributed by atoms with van der Waals surface area (Å²) >= 11 is 1.44. The van der Waals surface area contributed by atoms with Crippen LogP contribution in [0, 0.1) is 17.8 Å². The van der Waals surface area contributed by atoms with Gasteiger partial charge in [-0.3, -0.25) is 4.79 Å². The van der Waals surface area contributed by atoms with Crippen molar-refractivity contribution < 1.29 is 18.3 Å². The number of carbonyl (C=O) groups is 1. The second-order valence-electron chi connectivity index (χ2n) is 7.86. The van der Waals surface area contributed by atoms with Crippen LogP contribution in [-0.2, 0) is 4.74 Å². The minimum absolute atomic E-state index is 0.141. The lowest BCUT2D eigenvalue weighted by Gasteiger charge is -2.24. The van der Waals surface area contributed by atoms with Crippen molar-refractivity contribution in [1.82, 2.24) is 31.8 Å². The van der Waals surface area contributed by atoms with Crippen molar-refractivity contribution in [1.29, 1.82) is 0 Å². The lowest BCUT2D eigenvalue weighted by molar-refractivity contribution is 0.0944. The fraction of sp³-hybridized carbons (Fsp3) is 0.571. The van der Waals surface area contributed by atoms with Gasteiger partial charge in [-0.2, -0.15) is 0 Å². The van der Waals surface area contributed by atoms with E-state index in [1.807, 2.05) is 41.5 Å². The van der Waals surface area contributed by atoms with Crippen LogP contribution in [0.2, 0.25) is 0 Å². The van der Waals surface area contributed by atoms with Crippen molar-refractivity contribution in [2.45, 2.75) is 77.7 Å². The molecule has 3 unspecified atom stereocenters. The van der Waals surface area contributed by atoms with Crippen molar-refractivity contribution in [3.05, 3.63) is 41.4 Å². The van der Waals surface area contributed by atoms with Gasteiger partial charge in [0.1, 0.15) is 28.5 Å². The van der Waals surface area contributed by atoms with Gasteiger partial charge in [0.25, 0.3) is 12.3 Å². The van der Waals surface area contributed by atoms with E-state index in [4.69, 9.17) is 4.74 Å². The molecule has 1 saturated carbocycles. The molecule has 3 aliphatic rings. The zero-order valence-electron chi connectivity index (χ0n) is 24.7. The van der Waals surface area contributed by atoms with Crippen molar-refractivity contribution in [3.8, 4) is 11.8 Å². The molecule has 40 heavy (non-hydrogen) atoms. The molecule has 1 amide bonds. The van der Waals surface area contributed by atoms with Gasteiger partial charge in [0, 0.05) is 29.5 Å². The molecule has 1 aliphatic carbocycles. The Balaban J connectivity index is 0.00000125. The zero-order chi connectivity index (χ0) is 30.1. The summed E-state index contributed by atoms with van der Waals surface area (Å²) < 4.78 is 32.2. The number of anilines is 1. The molecule has 1 saturated heterocycles. The monoisotopic (exact) mass is 581 g/mol. The molecule has 2 aliphatic heterocycles. The summed E-state index contributed by atoms with van der Waals surface area (Å²) in [5.74, 6) is 7.25. The topological polar surface area (TPSA) is 111 Å². The van der Waals surface area contributed by atoms with E-state index < -0.39 is 23.9 Å². The minimum Gasteiger partial charge on any atom is -0.495 e. The molecule has 9 nitrogen and oxygen atoms in total. The molecular formula is C28H45F2N7O2S. The number of nitrogens with one attached hydrogen (secondary N) is 6. The van der Waals surface area contributed by atoms with Gasteiger partial charge in [-0.15, -0.1) is 0 Å². The number of ether oxygens (including phenoxy) is 1. The standard InChI is InChI=1S/C22H27F2N7O2S.3C2H6/c1-25-11-28-18-8-14(21(32)29-22-31-30-19(34-22)6-5-12-3-4-12)15(9-27-18)13-7-16(20(23)24)26-10-17(13)33-2;3*1-2/h7-10,12,16,19-20,22,25-26,30-31H,3-4,11H2,1-2H3,(H,27,28)(H,29,32);3*1-2H3. The van der Waals surface area contributed by atoms with Gasteiger partial charge < -0.3 is 26.0 Å². The zero-order valence-corrected chi connectivity index (χ0v) is 25.6. The quantitative estimate of drug-likeness (QED) is 0.196. The number of amides is 1. The summed E-state index contributed by atoms with van der Waals surface area (Å²) in [4.78, 5) is 17.7. The van der Waals surface area contributed by atoms with Gasteiger partial charge >= 0.3 is 0 Å². The number of pyridine rings is 1. The van der Waals surface area contributed by atoms with E-state index in [-0.39, 0.29) is 10.9 Å². The average molecular weight is 582 g/mol. The fourth-order valence-corrected chi connectivity index (χ4v) is 4.20. The number of allylic oxidation sites excluding steroid dienone is 1. The highest BCUT2D eigenvalue weighted by Gasteiger charge is 2.29. The van der Waals surface area contributed by atoms with E-state index in [1.165, 1.54) is 37.3 Å². The van der Waals surface area contributed by atoms with Crippen LogP contribution < -0.4 is 32.1 Å². The third-order valence-electron chi connectivity index (χ3n) is 5.27. The number of dihydropyridines is 1. The van der Waals surface area contributed by atoms with Crippen LogP contribution >= 0.6 is 11.8 Å². The largest absolute Gasteiger partial charge is 0.495 e. The average Bonchev–Trinajstić information content (AvgIpc) is 3.74. The molecule has 224 valence electrons. The van der Waals surface area contributed by atoms with E-state index >= 15 is 0 Å². The first-order valence-corrected chi connectivity index (χ1v) is 14.8. The smallest absolute Gasteiger partial charge is 0.261 e. The summed E-state index contributed by atoms with van der Waals surface area (Å²) in [6, 6.07) is 0.376. The Bertz CT molecular complexity index is 1040. The number of alkyl halides is 2. The molecule has 3 heterocycles. The lowest BCUT2D eigenvalue weighted by atomic mass is 9.96. The van der Waals surface area contributed by atoms with E-state index in [0.717, 1.165) is 12.8 Å². The Labute approximate surface area is 242 Å². The Morgan fingerprint density at radius 1 is 1.18 bits per heavy atom. The Morgan fingerprint density at radius 2 is 1.88 bits per heavy atom. The van der Waals surface area contributed by atoms with Gasteiger partial charge in [0.2, 0.25) is 0 Å². The van der Waals surface area contributed by atoms with Gasteiger partial charge in [-0.25, -0.2) is 24.6 Å². The maximum Gasteiger partial charge on any atom is 0.261 e. The Hall–Kier alpha value is -2.85. The molecule has 0 radical (unpaired) electrons. The van der Waals surface area contributed by atoms with Crippen LogP contribution in [0.25, 0.3) is 5.57 Å². The molecular weight excluding hydrogens is 536 g/mol. The summed E-state index contributed by atoms with van der Waals surface area (Å²) in [5.41, 5.74) is 6.67. The van der Waals surface area contributed by atoms with Crippen molar-refractivity contribution >= 4 is 29.1 Å². The molecule has 4 rings (SSSR count). The van der Waals surface area contributed by atoms with Gasteiger partial charge in [0.05, 0.1) is 19.3 Å². The molecule has 2 fully saturated rings. The minimum atomic E-state index is -2.63. The van der Waals surface area contributed by atoms with Crippen molar-refractivity contribution in [2.75, 3.05) is 26.1 Å². The van der Waals surface area contributed by atoms with Gasteiger partial charge in [-0.05, 0) is 32.0 Å². The molecule has 6 N–H and O–H groups in total. The maximum absolute atomic E-state index is 13.4. The molecule has 0 aromatic carbocycles. The second-order valence-corrected chi connectivity index (χ2v) is 9.08. The summed E-state index contributed by atoms with van der Waals surface area (Å²) in [5, 5.41) is 11.4. The number of hydrazine groups is 1. The number of aromatic nitrogens is 1. The SMILES string of the molecule is CC.CC.CC.CNCNc1cc(C(=O)NC2NNC(C#CC3CC3)S2)c(C2=CC(C(F)F)NC=C2OC)cn1. The molecule has 0 spiro atoms. The molecule has 12 heteroatoms. The highest BCUT2D eigenvalue weighted by molar-refractivity contribution is 8.00. The van der Waals surface area contributed by atoms with E-state index in [0.29, 0.717) is 35.3 Å². The van der Waals surface area contributed by atoms with Gasteiger partial charge in [-0.1, -0.05) is 65.1 Å². The molecule has 1 aromatic heterocycles. The predicted molar refractivity (Wildman–Crippen MR) is 161 cm³/mol. The number of nitrogens with zero attached hydrogens (tertiary/aromatic N) is 1. The van der Waals surface area contributed by atoms with Crippen LogP contribution in [-0.4, -0.2) is 55.1 Å². The first-order chi connectivity index (χ1) is 19.5. The van der Waals surface area contributed by atoms with E-state index in [1.54, 1.807) is 13.1 Å². The van der Waals surface area contributed by atoms with E-state index in [9.17, 15) is 13.6 Å². The number of thioether (sulfide) groups is 1. The molecule has 1 aromatic rings. The third kappa shape index (κ3) is 10.6. The highest BCUT2D eigenvalue weighted by Crippen LogP contribution is 2.31. The van der Waals surface area contributed by atoms with Crippen LogP contribution in [0.15, 0.2) is 30.3 Å². The number of rotatable bonds is 8. The normalized spacial score (nSPS) is 20.7. The van der Waals surface area contributed by atoms with Gasteiger partial charge in [0.15, 0.2) is 0 Å². The number of hydrogen-bond acceptors (Lipinski definition) is 9. The van der Waals surface area contributed by atoms with Crippen LogP contribution in [0.4, 0.5) is 14.6 Å². The summed E-state index contributed by atoms with van der Waals surface area (Å²) in [6.07, 6.45) is 3.86. The fourth-order valence-electron chi connectivity index (χ4n) is 3.34. The number of methoxy groups -OCH3 is 1. The van der Waals surface area contributed by atoms with Crippen LogP contribution in [0.3, 0.4) is 0 Å². The lowest BCUT2D eigenvalue weighted by Crippen LogP contribution is -2.43. The predicted octanol–water partition coefficient (Wildman–Crippen LogP) is 4.45. The Morgan fingerprint density at radius 3 is 2.48 bits per heavy atom. The summed E-state index contributed by atoms with van der Waals surface area (Å²) in [6.45, 7) is 12.4. The first kappa shape index (κ1) is 35.2. The van der Waals surface area contributed by atoms with E-state index in [2.05, 4.69) is 48.9 Å². The maximum atomic E-state index is 13.4. The molecule has 3 atom stereocenters. The number of carbonyl (C=O) groups excluding carboxylic acids is 1. The van der Waals surface area contributed by atoms with Crippen molar-refractivity contribution in [2.24, 2.45) is 5.92 Å². The molecule has 0 bridgehead atoms. The number of halogens is 2. The van der Waals surface area contributed by atoms with Crippen molar-refractivity contribution in [3.63, 3.8) is 0 Å². The van der Waals surface area contributed by atoms with Crippen LogP contribution in [0.5, 0.6) is 0 Å². The second kappa shape index (κ2) is 19.3. The summed E-state index contributed by atoms with van der Waals surface area (Å²) in [7, 11) is 3.21. The Kier molecular flexibility index (Phi) is 16.9. The highest BCUT2D eigenvalue weighted by atomic mass is 32.2. The first-order valence-electron chi connectivity index (χ1n) is 13.9. The number of hydrogen-bond donors (Lipinski definition) is 6.